The van der Waals surface area contributed by atoms with Gasteiger partial charge in [-0.15, -0.1) is 6.58 Å². The monoisotopic (exact) mass is 613 g/mol. The molecule has 0 saturated carbocycles. The topological polar surface area (TPSA) is 122 Å². The van der Waals surface area contributed by atoms with Crippen molar-refractivity contribution in [3.63, 3.8) is 0 Å². The Morgan fingerprint density at radius 2 is 1.76 bits per heavy atom. The molecule has 0 amide bonds. The minimum atomic E-state index is -1.48. The molecule has 1 aromatic rings. The fourth-order valence-corrected chi connectivity index (χ4v) is 4.14. The lowest BCUT2D eigenvalue weighted by molar-refractivity contribution is -0.142. The van der Waals surface area contributed by atoms with E-state index in [2.05, 4.69) is 31.4 Å². The number of halogens is 1. The van der Waals surface area contributed by atoms with Gasteiger partial charge in [-0.1, -0.05) is 55.5 Å². The first-order chi connectivity index (χ1) is 19.4. The predicted octanol–water partition coefficient (Wildman–Crippen LogP) is 6.35. The van der Waals surface area contributed by atoms with Gasteiger partial charge >= 0.3 is 11.9 Å². The lowest BCUT2D eigenvalue weighted by atomic mass is 9.99. The van der Waals surface area contributed by atoms with E-state index >= 15 is 0 Å². The molecule has 230 valence electrons. The highest BCUT2D eigenvalue weighted by Crippen LogP contribution is 2.39. The number of allylic oxidation sites excluding steroid dienone is 3. The molecule has 1 atom stereocenters. The number of rotatable bonds is 21. The minimum Gasteiger partial charge on any atom is -0.479 e. The highest BCUT2D eigenvalue weighted by atomic mass is 35.5. The summed E-state index contributed by atoms with van der Waals surface area (Å²) < 4.78 is 28.0. The zero-order valence-electron chi connectivity index (χ0n) is 25.0. The third-order valence-electron chi connectivity index (χ3n) is 5.53. The van der Waals surface area contributed by atoms with E-state index in [1.807, 2.05) is 32.9 Å². The number of carboxylic acid groups (broad SMARTS) is 1. The summed E-state index contributed by atoms with van der Waals surface area (Å²) >= 11 is 6.82. The lowest BCUT2D eigenvalue weighted by Crippen LogP contribution is -2.23. The number of carboxylic acids is 1. The third kappa shape index (κ3) is 14.5. The van der Waals surface area contributed by atoms with Crippen LogP contribution in [0.1, 0.15) is 43.1 Å². The average Bonchev–Trinajstić information content (AvgIpc) is 2.89. The SMILES string of the molecule is C=CC(C)CC=CC(Cc1c(Cl)c(OCOCC)cc(OCOCC)c1C(=O)OCC[Si](C)(C)C)=NOCC(=O)O. The number of carbonyl (C=O) groups excluding carboxylic acids is 1. The Labute approximate surface area is 249 Å². The fraction of sp³-hybridized carbons (Fsp3) is 0.552. The van der Waals surface area contributed by atoms with Crippen LogP contribution in [0.2, 0.25) is 30.7 Å². The Kier molecular flexibility index (Phi) is 17.0. The van der Waals surface area contributed by atoms with Crippen molar-refractivity contribution in [3.05, 3.63) is 47.0 Å². The minimum absolute atomic E-state index is 0.0211. The number of benzene rings is 1. The largest absolute Gasteiger partial charge is 0.479 e. The average molecular weight is 614 g/mol. The quantitative estimate of drug-likeness (QED) is 0.0321. The van der Waals surface area contributed by atoms with Gasteiger partial charge in [-0.05, 0) is 43.9 Å². The van der Waals surface area contributed by atoms with Crippen LogP contribution in [-0.2, 0) is 30.3 Å². The summed E-state index contributed by atoms with van der Waals surface area (Å²) in [6.07, 6.45) is 5.99. The maximum Gasteiger partial charge on any atom is 0.344 e. The van der Waals surface area contributed by atoms with E-state index in [0.717, 1.165) is 6.04 Å². The molecule has 1 unspecified atom stereocenters. The van der Waals surface area contributed by atoms with E-state index in [-0.39, 0.29) is 54.6 Å². The second kappa shape index (κ2) is 19.3. The second-order valence-corrected chi connectivity index (χ2v) is 16.3. The first-order valence-electron chi connectivity index (χ1n) is 13.6. The van der Waals surface area contributed by atoms with E-state index in [0.29, 0.717) is 30.9 Å². The smallest absolute Gasteiger partial charge is 0.344 e. The first kappa shape index (κ1) is 36.2. The highest BCUT2D eigenvalue weighted by molar-refractivity contribution is 6.76. The summed E-state index contributed by atoms with van der Waals surface area (Å²) in [5, 5.41) is 13.2. The van der Waals surface area contributed by atoms with Crippen LogP contribution in [0.3, 0.4) is 0 Å². The third-order valence-corrected chi connectivity index (χ3v) is 7.65. The number of nitrogens with zero attached hydrogens (tertiary/aromatic N) is 1. The van der Waals surface area contributed by atoms with Crippen LogP contribution < -0.4 is 9.47 Å². The van der Waals surface area contributed by atoms with Gasteiger partial charge in [-0.3, -0.25) is 0 Å². The van der Waals surface area contributed by atoms with Gasteiger partial charge in [0.15, 0.2) is 13.6 Å². The van der Waals surface area contributed by atoms with Crippen molar-refractivity contribution in [2.45, 2.75) is 59.3 Å². The van der Waals surface area contributed by atoms with Gasteiger partial charge in [-0.2, -0.15) is 0 Å². The van der Waals surface area contributed by atoms with Gasteiger partial charge in [0, 0.05) is 33.8 Å². The number of esters is 1. The maximum absolute atomic E-state index is 13.5. The summed E-state index contributed by atoms with van der Waals surface area (Å²) in [6.45, 7) is 16.2. The van der Waals surface area contributed by atoms with Crippen LogP contribution in [0, 0.1) is 5.92 Å². The molecule has 41 heavy (non-hydrogen) atoms. The number of aliphatic carboxylic acids is 1. The molecule has 1 N–H and O–H groups in total. The van der Waals surface area contributed by atoms with Gasteiger partial charge in [-0.25, -0.2) is 9.59 Å². The first-order valence-corrected chi connectivity index (χ1v) is 17.6. The molecule has 1 rings (SSSR count). The molecule has 10 nitrogen and oxygen atoms in total. The van der Waals surface area contributed by atoms with Crippen molar-refractivity contribution in [1.82, 2.24) is 0 Å². The molecule has 0 aliphatic heterocycles. The van der Waals surface area contributed by atoms with Crippen molar-refractivity contribution in [3.8, 4) is 11.5 Å². The fourth-order valence-electron chi connectivity index (χ4n) is 3.16. The summed E-state index contributed by atoms with van der Waals surface area (Å²) in [7, 11) is -1.48. The van der Waals surface area contributed by atoms with Crippen LogP contribution in [0.5, 0.6) is 11.5 Å². The Morgan fingerprint density at radius 3 is 2.32 bits per heavy atom. The summed E-state index contributed by atoms with van der Waals surface area (Å²) in [4.78, 5) is 29.6. The molecule has 12 heteroatoms. The zero-order chi connectivity index (χ0) is 30.8. The molecular formula is C29H44ClNO9Si. The number of ether oxygens (including phenoxy) is 5. The molecule has 0 heterocycles. The van der Waals surface area contributed by atoms with E-state index in [4.69, 9.17) is 45.2 Å². The van der Waals surface area contributed by atoms with E-state index in [1.54, 1.807) is 6.08 Å². The van der Waals surface area contributed by atoms with Gasteiger partial charge in [0.05, 0.1) is 17.3 Å². The lowest BCUT2D eigenvalue weighted by Gasteiger charge is -2.20. The normalized spacial score (nSPS) is 12.7. The highest BCUT2D eigenvalue weighted by Gasteiger charge is 2.27. The van der Waals surface area contributed by atoms with Gasteiger partial charge in [0.2, 0.25) is 6.61 Å². The number of carbonyl (C=O) groups is 2. The molecule has 0 aliphatic rings. The van der Waals surface area contributed by atoms with Crippen LogP contribution in [-0.4, -0.2) is 70.8 Å². The van der Waals surface area contributed by atoms with Crippen molar-refractivity contribution in [1.29, 1.82) is 0 Å². The van der Waals surface area contributed by atoms with Crippen molar-refractivity contribution >= 4 is 37.3 Å². The standard InChI is InChI=1S/C29H44ClNO9Si/c1-8-21(4)12-11-13-22(31-40-18-26(32)33)16-23-27(29(34)37-14-15-41(5,6)7)24(38-19-35-9-2)17-25(28(23)30)39-20-36-10-3/h8,11,13,17,21H,1,9-10,12,14-16,18-20H2,2-7H3,(H,32,33). The Morgan fingerprint density at radius 1 is 1.12 bits per heavy atom. The molecule has 0 bridgehead atoms. The van der Waals surface area contributed by atoms with E-state index in [9.17, 15) is 9.59 Å². The summed E-state index contributed by atoms with van der Waals surface area (Å²) in [5.74, 6) is -1.24. The van der Waals surface area contributed by atoms with Crippen molar-refractivity contribution in [2.75, 3.05) is 40.0 Å². The van der Waals surface area contributed by atoms with Crippen LogP contribution in [0.4, 0.5) is 0 Å². The van der Waals surface area contributed by atoms with Gasteiger partial charge < -0.3 is 33.6 Å². The summed E-state index contributed by atoms with van der Waals surface area (Å²) in [5.41, 5.74) is 0.718. The Balaban J connectivity index is 3.66. The van der Waals surface area contributed by atoms with E-state index < -0.39 is 26.6 Å². The molecule has 0 aliphatic carbocycles. The van der Waals surface area contributed by atoms with E-state index in [1.165, 1.54) is 6.07 Å². The molecule has 0 fully saturated rings. The van der Waals surface area contributed by atoms with Crippen molar-refractivity contribution in [2.24, 2.45) is 11.1 Å². The van der Waals surface area contributed by atoms with Crippen LogP contribution >= 0.6 is 11.6 Å². The Bertz CT molecular complexity index is 1050. The van der Waals surface area contributed by atoms with Crippen LogP contribution in [0.15, 0.2) is 36.0 Å². The van der Waals surface area contributed by atoms with Crippen molar-refractivity contribution < 1.29 is 43.2 Å². The molecule has 0 spiro atoms. The second-order valence-electron chi connectivity index (χ2n) is 10.3. The molecule has 0 saturated heterocycles. The molecule has 0 aromatic heterocycles. The predicted molar refractivity (Wildman–Crippen MR) is 162 cm³/mol. The number of hydrogen-bond acceptors (Lipinski definition) is 9. The van der Waals surface area contributed by atoms with Gasteiger partial charge in [0.25, 0.3) is 0 Å². The van der Waals surface area contributed by atoms with Gasteiger partial charge in [0.1, 0.15) is 17.1 Å². The zero-order valence-corrected chi connectivity index (χ0v) is 26.8. The molecule has 0 radical (unpaired) electrons. The number of oxime groups is 1. The maximum atomic E-state index is 13.5. The summed E-state index contributed by atoms with van der Waals surface area (Å²) in [6, 6.07) is 2.27. The van der Waals surface area contributed by atoms with Crippen LogP contribution in [0.25, 0.3) is 0 Å². The molecular weight excluding hydrogens is 570 g/mol. The Hall–Kier alpha value is -2.86. The number of hydrogen-bond donors (Lipinski definition) is 1. The molecule has 1 aromatic carbocycles.